The summed E-state index contributed by atoms with van der Waals surface area (Å²) in [6.45, 7) is 3.72. The van der Waals surface area contributed by atoms with Gasteiger partial charge in [0.2, 0.25) is 5.91 Å². The Hall–Kier alpha value is -3.63. The van der Waals surface area contributed by atoms with Gasteiger partial charge in [0.1, 0.15) is 11.9 Å². The Balaban J connectivity index is 1.16. The van der Waals surface area contributed by atoms with Crippen molar-refractivity contribution in [1.29, 1.82) is 0 Å². The molecule has 2 aromatic carbocycles. The Bertz CT molecular complexity index is 1210. The van der Waals surface area contributed by atoms with Crippen molar-refractivity contribution in [2.45, 2.75) is 37.3 Å². The minimum absolute atomic E-state index is 0.0266. The summed E-state index contributed by atoms with van der Waals surface area (Å²) in [6.07, 6.45) is 5.65. The van der Waals surface area contributed by atoms with Crippen LogP contribution in [0.3, 0.4) is 0 Å². The topological polar surface area (TPSA) is 95.4 Å². The summed E-state index contributed by atoms with van der Waals surface area (Å²) in [5, 5.41) is 14.3. The second-order valence-electron chi connectivity index (χ2n) is 10.1. The maximum Gasteiger partial charge on any atom is 0.251 e. The molecule has 2 fully saturated rings. The van der Waals surface area contributed by atoms with E-state index in [-0.39, 0.29) is 17.6 Å². The molecule has 0 radical (unpaired) electrons. The van der Waals surface area contributed by atoms with Crippen LogP contribution in [0.25, 0.3) is 5.69 Å². The van der Waals surface area contributed by atoms with Crippen molar-refractivity contribution in [3.63, 3.8) is 0 Å². The number of halogens is 1. The lowest BCUT2D eigenvalue weighted by Crippen LogP contribution is -2.54. The van der Waals surface area contributed by atoms with Gasteiger partial charge in [0.15, 0.2) is 0 Å². The first-order valence-corrected chi connectivity index (χ1v) is 13.2. The molecule has 0 spiro atoms. The zero-order valence-corrected chi connectivity index (χ0v) is 21.6. The summed E-state index contributed by atoms with van der Waals surface area (Å²) in [4.78, 5) is 30.6. The Labute approximate surface area is 222 Å². The molecule has 1 saturated carbocycles. The number of amides is 2. The highest BCUT2D eigenvalue weighted by molar-refractivity contribution is 5.97. The second-order valence-corrected chi connectivity index (χ2v) is 10.1. The molecule has 5 rings (SSSR count). The summed E-state index contributed by atoms with van der Waals surface area (Å²) in [7, 11) is 2.05. The lowest BCUT2D eigenvalue weighted by Gasteiger charge is -2.34. The average molecular weight is 520 g/mol. The van der Waals surface area contributed by atoms with E-state index >= 15 is 0 Å². The van der Waals surface area contributed by atoms with Gasteiger partial charge in [0.25, 0.3) is 5.91 Å². The lowest BCUT2D eigenvalue weighted by atomic mass is 10.1. The fourth-order valence-corrected chi connectivity index (χ4v) is 4.95. The highest BCUT2D eigenvalue weighted by Crippen LogP contribution is 2.40. The molecule has 1 unspecified atom stereocenters. The SMILES string of the molecule is CN1CCN(C(=O)C(CCCN[C@@H]2C[C@H]2c2ccc(F)cc2)NC(=O)c2ccc(-n3ccnn3)cc2)CC1. The molecule has 38 heavy (non-hydrogen) atoms. The van der Waals surface area contributed by atoms with Gasteiger partial charge in [-0.25, -0.2) is 9.07 Å². The maximum absolute atomic E-state index is 13.4. The Morgan fingerprint density at radius 1 is 1.05 bits per heavy atom. The van der Waals surface area contributed by atoms with Gasteiger partial charge in [-0.1, -0.05) is 17.3 Å². The minimum atomic E-state index is -0.588. The molecule has 1 saturated heterocycles. The number of aromatic nitrogens is 3. The number of piperazine rings is 1. The number of hydrogen-bond donors (Lipinski definition) is 2. The third-order valence-corrected chi connectivity index (χ3v) is 7.40. The molecule has 200 valence electrons. The molecule has 1 aliphatic carbocycles. The number of hydrogen-bond acceptors (Lipinski definition) is 6. The quantitative estimate of drug-likeness (QED) is 0.399. The van der Waals surface area contributed by atoms with Crippen LogP contribution < -0.4 is 10.6 Å². The van der Waals surface area contributed by atoms with E-state index < -0.39 is 6.04 Å². The van der Waals surface area contributed by atoms with Crippen LogP contribution in [0, 0.1) is 5.82 Å². The molecule has 2 aliphatic rings. The predicted octanol–water partition coefficient (Wildman–Crippen LogP) is 2.20. The number of carbonyl (C=O) groups excluding carboxylic acids is 2. The van der Waals surface area contributed by atoms with Crippen LogP contribution in [0.1, 0.15) is 41.1 Å². The molecule has 2 amide bonds. The first-order valence-electron chi connectivity index (χ1n) is 13.2. The van der Waals surface area contributed by atoms with Gasteiger partial charge < -0.3 is 20.4 Å². The fourth-order valence-electron chi connectivity index (χ4n) is 4.95. The van der Waals surface area contributed by atoms with E-state index in [2.05, 4.69) is 25.8 Å². The van der Waals surface area contributed by atoms with Gasteiger partial charge in [-0.2, -0.15) is 0 Å². The first-order chi connectivity index (χ1) is 18.5. The summed E-state index contributed by atoms with van der Waals surface area (Å²) < 4.78 is 14.8. The Kier molecular flexibility index (Phi) is 8.09. The largest absolute Gasteiger partial charge is 0.340 e. The standard InChI is InChI=1S/C28H34FN7O2/c1-34-15-17-35(18-16-34)28(38)25(3-2-12-30-26-19-24(26)20-4-8-22(29)9-5-20)32-27(37)21-6-10-23(11-7-21)36-14-13-31-33-36/h4-11,13-14,24-26,30H,2-3,12,15-19H2,1H3,(H,32,37)/t24-,25?,26+/m0/s1. The summed E-state index contributed by atoms with van der Waals surface area (Å²) in [6, 6.07) is 13.5. The molecule has 1 aliphatic heterocycles. The number of likely N-dealkylation sites (N-methyl/N-ethyl adjacent to an activating group) is 1. The minimum Gasteiger partial charge on any atom is -0.340 e. The van der Waals surface area contributed by atoms with Crippen molar-refractivity contribution in [2.24, 2.45) is 0 Å². The highest BCUT2D eigenvalue weighted by Gasteiger charge is 2.37. The smallest absolute Gasteiger partial charge is 0.251 e. The molecule has 0 bridgehead atoms. The van der Waals surface area contributed by atoms with Crippen LogP contribution >= 0.6 is 0 Å². The lowest BCUT2D eigenvalue weighted by molar-refractivity contribution is -0.135. The zero-order chi connectivity index (χ0) is 26.5. The third kappa shape index (κ3) is 6.43. The van der Waals surface area contributed by atoms with Gasteiger partial charge in [0.05, 0.1) is 18.1 Å². The van der Waals surface area contributed by atoms with E-state index in [1.165, 1.54) is 12.1 Å². The van der Waals surface area contributed by atoms with Crippen molar-refractivity contribution >= 4 is 11.8 Å². The molecular weight excluding hydrogens is 485 g/mol. The normalized spacial score (nSPS) is 20.2. The number of benzene rings is 2. The van der Waals surface area contributed by atoms with Crippen molar-refractivity contribution in [3.8, 4) is 5.69 Å². The number of nitrogens with zero attached hydrogens (tertiary/aromatic N) is 5. The predicted molar refractivity (Wildman–Crippen MR) is 141 cm³/mol. The van der Waals surface area contributed by atoms with Crippen molar-refractivity contribution in [2.75, 3.05) is 39.8 Å². The summed E-state index contributed by atoms with van der Waals surface area (Å²) in [5.41, 5.74) is 2.44. The van der Waals surface area contributed by atoms with E-state index in [1.807, 2.05) is 24.1 Å². The summed E-state index contributed by atoms with van der Waals surface area (Å²) >= 11 is 0. The Morgan fingerprint density at radius 2 is 1.79 bits per heavy atom. The van der Waals surface area contributed by atoms with Crippen LogP contribution in [0.4, 0.5) is 4.39 Å². The molecular formula is C28H34FN7O2. The first kappa shape index (κ1) is 26.0. The average Bonchev–Trinajstić information content (AvgIpc) is 3.49. The van der Waals surface area contributed by atoms with Crippen molar-refractivity contribution in [3.05, 3.63) is 77.9 Å². The molecule has 2 N–H and O–H groups in total. The van der Waals surface area contributed by atoms with Gasteiger partial charge in [-0.05, 0) is 74.8 Å². The van der Waals surface area contributed by atoms with Crippen LogP contribution in [0.15, 0.2) is 60.9 Å². The molecule has 9 nitrogen and oxygen atoms in total. The van der Waals surface area contributed by atoms with E-state index in [4.69, 9.17) is 0 Å². The van der Waals surface area contributed by atoms with Crippen LogP contribution in [-0.2, 0) is 4.79 Å². The van der Waals surface area contributed by atoms with Crippen LogP contribution in [0.5, 0.6) is 0 Å². The molecule has 2 heterocycles. The summed E-state index contributed by atoms with van der Waals surface area (Å²) in [5.74, 6) is -0.114. The maximum atomic E-state index is 13.4. The zero-order valence-electron chi connectivity index (χ0n) is 21.6. The fraction of sp³-hybridized carbons (Fsp3) is 0.429. The van der Waals surface area contributed by atoms with E-state index in [9.17, 15) is 14.0 Å². The van der Waals surface area contributed by atoms with Gasteiger partial charge in [-0.3, -0.25) is 9.59 Å². The molecule has 3 aromatic rings. The number of rotatable bonds is 10. The van der Waals surface area contributed by atoms with E-state index in [0.717, 1.165) is 43.7 Å². The van der Waals surface area contributed by atoms with Crippen LogP contribution in [0.2, 0.25) is 0 Å². The van der Waals surface area contributed by atoms with Gasteiger partial charge in [-0.15, -0.1) is 5.10 Å². The van der Waals surface area contributed by atoms with E-state index in [0.29, 0.717) is 37.0 Å². The second kappa shape index (κ2) is 11.8. The van der Waals surface area contributed by atoms with Crippen molar-refractivity contribution < 1.29 is 14.0 Å². The third-order valence-electron chi connectivity index (χ3n) is 7.40. The van der Waals surface area contributed by atoms with Crippen LogP contribution in [-0.4, -0.2) is 88.5 Å². The molecule has 10 heteroatoms. The molecule has 3 atom stereocenters. The molecule has 1 aromatic heterocycles. The number of carbonyl (C=O) groups is 2. The Morgan fingerprint density at radius 3 is 2.47 bits per heavy atom. The van der Waals surface area contributed by atoms with E-state index in [1.54, 1.807) is 41.3 Å². The van der Waals surface area contributed by atoms with Gasteiger partial charge >= 0.3 is 0 Å². The van der Waals surface area contributed by atoms with Crippen molar-refractivity contribution in [1.82, 2.24) is 35.4 Å². The highest BCUT2D eigenvalue weighted by atomic mass is 19.1. The number of nitrogens with one attached hydrogen (secondary N) is 2. The van der Waals surface area contributed by atoms with Gasteiger partial charge in [0, 0.05) is 43.7 Å². The monoisotopic (exact) mass is 519 g/mol.